The van der Waals surface area contributed by atoms with E-state index in [1.807, 2.05) is 61.6 Å². The van der Waals surface area contributed by atoms with Crippen molar-refractivity contribution in [3.8, 4) is 0 Å². The fraction of sp³-hybridized carbons (Fsp3) is 0.158. The van der Waals surface area contributed by atoms with E-state index < -0.39 is 0 Å². The molecular formula is C19H23N7S2. The SMILES string of the molecule is CNC(=S)NN=C(C(=NNC(=S)NC)c1ccc(NC)cc1)c1ccccc1. The van der Waals surface area contributed by atoms with Crippen LogP contribution < -0.4 is 26.8 Å². The molecule has 0 aliphatic rings. The molecule has 0 saturated heterocycles. The number of rotatable bonds is 6. The van der Waals surface area contributed by atoms with Crippen LogP contribution in [0, 0.1) is 0 Å². The molecule has 0 aliphatic carbocycles. The van der Waals surface area contributed by atoms with Gasteiger partial charge in [0.2, 0.25) is 0 Å². The summed E-state index contributed by atoms with van der Waals surface area (Å²) in [5.74, 6) is 0. The van der Waals surface area contributed by atoms with Crippen molar-refractivity contribution in [2.75, 3.05) is 26.5 Å². The van der Waals surface area contributed by atoms with Crippen molar-refractivity contribution in [2.45, 2.75) is 0 Å². The normalized spacial score (nSPS) is 11.4. The van der Waals surface area contributed by atoms with Gasteiger partial charge in [-0.3, -0.25) is 10.9 Å². The van der Waals surface area contributed by atoms with Gasteiger partial charge in [0, 0.05) is 38.0 Å². The van der Waals surface area contributed by atoms with Crippen molar-refractivity contribution < 1.29 is 0 Å². The van der Waals surface area contributed by atoms with Gasteiger partial charge in [0.15, 0.2) is 10.2 Å². The van der Waals surface area contributed by atoms with Crippen LogP contribution in [0.25, 0.3) is 0 Å². The summed E-state index contributed by atoms with van der Waals surface area (Å²) in [7, 11) is 5.33. The standard InChI is InChI=1S/C19H23N7S2/c1-20-15-11-9-14(10-12-15)17(24-26-19(28)22-3)16(23-25-18(27)21-2)13-7-5-4-6-8-13/h4-12,20H,1-3H3,(H2,21,25,27)(H2,22,26,28). The Morgan fingerprint density at radius 3 is 1.57 bits per heavy atom. The largest absolute Gasteiger partial charge is 0.388 e. The maximum atomic E-state index is 5.17. The number of nitrogens with one attached hydrogen (secondary N) is 5. The van der Waals surface area contributed by atoms with Crippen LogP contribution in [0.2, 0.25) is 0 Å². The lowest BCUT2D eigenvalue weighted by molar-refractivity contribution is 0.967. The lowest BCUT2D eigenvalue weighted by atomic mass is 9.99. The Hall–Kier alpha value is -3.04. The third-order valence-corrected chi connectivity index (χ3v) is 4.30. The number of benzene rings is 2. The van der Waals surface area contributed by atoms with Gasteiger partial charge < -0.3 is 16.0 Å². The molecule has 28 heavy (non-hydrogen) atoms. The zero-order valence-corrected chi connectivity index (χ0v) is 17.5. The first-order valence-corrected chi connectivity index (χ1v) is 9.35. The van der Waals surface area contributed by atoms with Crippen molar-refractivity contribution in [3.05, 3.63) is 65.7 Å². The molecule has 0 fully saturated rings. The van der Waals surface area contributed by atoms with E-state index in [2.05, 4.69) is 37.0 Å². The average Bonchev–Trinajstić information content (AvgIpc) is 2.76. The molecule has 0 radical (unpaired) electrons. The molecule has 0 atom stereocenters. The summed E-state index contributed by atoms with van der Waals surface area (Å²) in [4.78, 5) is 0. The van der Waals surface area contributed by atoms with Gasteiger partial charge in [0.05, 0.1) is 0 Å². The molecule has 0 heterocycles. The first-order valence-electron chi connectivity index (χ1n) is 8.53. The van der Waals surface area contributed by atoms with Gasteiger partial charge in [-0.1, -0.05) is 42.5 Å². The predicted octanol–water partition coefficient (Wildman–Crippen LogP) is 2.02. The Morgan fingerprint density at radius 1 is 0.679 bits per heavy atom. The summed E-state index contributed by atoms with van der Waals surface area (Å²) < 4.78 is 0. The molecular weight excluding hydrogens is 390 g/mol. The first kappa shape index (κ1) is 21.3. The second-order valence-corrected chi connectivity index (χ2v) is 6.31. The molecule has 0 bridgehead atoms. The molecule has 0 amide bonds. The van der Waals surface area contributed by atoms with Crippen LogP contribution in [0.1, 0.15) is 11.1 Å². The molecule has 2 rings (SSSR count). The van der Waals surface area contributed by atoms with E-state index in [4.69, 9.17) is 24.4 Å². The summed E-state index contributed by atoms with van der Waals surface area (Å²) in [5.41, 5.74) is 9.65. The number of thiocarbonyl (C=S) groups is 2. The summed E-state index contributed by atoms with van der Waals surface area (Å²) in [5, 5.41) is 18.6. The van der Waals surface area contributed by atoms with Crippen LogP contribution in [0.3, 0.4) is 0 Å². The minimum atomic E-state index is 0.399. The molecule has 5 N–H and O–H groups in total. The molecule has 0 saturated carbocycles. The third-order valence-electron chi connectivity index (χ3n) is 3.71. The number of hydrogen-bond acceptors (Lipinski definition) is 5. The Bertz CT molecular complexity index is 862. The first-order chi connectivity index (χ1) is 13.6. The van der Waals surface area contributed by atoms with Crippen molar-refractivity contribution in [1.82, 2.24) is 21.5 Å². The lowest BCUT2D eigenvalue weighted by Gasteiger charge is -2.13. The minimum absolute atomic E-state index is 0.399. The highest BCUT2D eigenvalue weighted by atomic mass is 32.1. The summed E-state index contributed by atoms with van der Waals surface area (Å²) in [6.07, 6.45) is 0. The molecule has 2 aromatic carbocycles. The predicted molar refractivity (Wildman–Crippen MR) is 125 cm³/mol. The van der Waals surface area contributed by atoms with Crippen molar-refractivity contribution >= 4 is 51.8 Å². The quantitative estimate of drug-likeness (QED) is 0.281. The summed E-state index contributed by atoms with van der Waals surface area (Å²) >= 11 is 10.3. The monoisotopic (exact) mass is 413 g/mol. The van der Waals surface area contributed by atoms with Gasteiger partial charge in [-0.05, 0) is 36.6 Å². The smallest absolute Gasteiger partial charge is 0.186 e. The molecule has 0 spiro atoms. The van der Waals surface area contributed by atoms with E-state index in [0.717, 1.165) is 16.8 Å². The van der Waals surface area contributed by atoms with Crippen LogP contribution in [0.5, 0.6) is 0 Å². The highest BCUT2D eigenvalue weighted by molar-refractivity contribution is 7.80. The number of hydrogen-bond donors (Lipinski definition) is 5. The van der Waals surface area contributed by atoms with Gasteiger partial charge in [-0.15, -0.1) is 0 Å². The topological polar surface area (TPSA) is 84.9 Å². The molecule has 2 aromatic rings. The van der Waals surface area contributed by atoms with E-state index in [-0.39, 0.29) is 0 Å². The van der Waals surface area contributed by atoms with Crippen molar-refractivity contribution in [3.63, 3.8) is 0 Å². The van der Waals surface area contributed by atoms with Gasteiger partial charge in [0.25, 0.3) is 0 Å². The van der Waals surface area contributed by atoms with Crippen molar-refractivity contribution in [1.29, 1.82) is 0 Å². The molecule has 0 aromatic heterocycles. The molecule has 9 heteroatoms. The third kappa shape index (κ3) is 6.00. The fourth-order valence-electron chi connectivity index (χ4n) is 2.22. The molecule has 146 valence electrons. The number of nitrogens with zero attached hydrogens (tertiary/aromatic N) is 2. The van der Waals surface area contributed by atoms with Crippen LogP contribution in [0.15, 0.2) is 64.8 Å². The Balaban J connectivity index is 2.55. The van der Waals surface area contributed by atoms with Gasteiger partial charge in [0.1, 0.15) is 11.4 Å². The maximum absolute atomic E-state index is 5.17. The fourth-order valence-corrected chi connectivity index (χ4v) is 2.32. The Labute approximate surface area is 175 Å². The second kappa shape index (κ2) is 11.0. The van der Waals surface area contributed by atoms with Crippen LogP contribution in [-0.2, 0) is 0 Å². The van der Waals surface area contributed by atoms with Gasteiger partial charge >= 0.3 is 0 Å². The zero-order chi connectivity index (χ0) is 20.4. The average molecular weight is 414 g/mol. The van der Waals surface area contributed by atoms with Crippen LogP contribution in [-0.4, -0.2) is 42.8 Å². The van der Waals surface area contributed by atoms with Gasteiger partial charge in [-0.2, -0.15) is 10.2 Å². The van der Waals surface area contributed by atoms with E-state index >= 15 is 0 Å². The van der Waals surface area contributed by atoms with Crippen LogP contribution >= 0.6 is 24.4 Å². The summed E-state index contributed by atoms with van der Waals surface area (Å²) in [6, 6.07) is 17.6. The Morgan fingerprint density at radius 2 is 1.14 bits per heavy atom. The summed E-state index contributed by atoms with van der Waals surface area (Å²) in [6.45, 7) is 0. The molecule has 0 unspecified atom stereocenters. The van der Waals surface area contributed by atoms with Gasteiger partial charge in [-0.25, -0.2) is 0 Å². The highest BCUT2D eigenvalue weighted by Gasteiger charge is 2.16. The maximum Gasteiger partial charge on any atom is 0.186 e. The lowest BCUT2D eigenvalue weighted by Crippen LogP contribution is -2.33. The van der Waals surface area contributed by atoms with Crippen molar-refractivity contribution in [2.24, 2.45) is 10.2 Å². The molecule has 7 nitrogen and oxygen atoms in total. The molecule has 0 aliphatic heterocycles. The number of anilines is 1. The van der Waals surface area contributed by atoms with E-state index in [1.165, 1.54) is 0 Å². The van der Waals surface area contributed by atoms with E-state index in [1.54, 1.807) is 14.1 Å². The minimum Gasteiger partial charge on any atom is -0.388 e. The highest BCUT2D eigenvalue weighted by Crippen LogP contribution is 2.13. The Kier molecular flexibility index (Phi) is 8.32. The number of hydrazone groups is 2. The second-order valence-electron chi connectivity index (χ2n) is 5.50. The van der Waals surface area contributed by atoms with E-state index in [0.29, 0.717) is 21.6 Å². The van der Waals surface area contributed by atoms with E-state index in [9.17, 15) is 0 Å². The zero-order valence-electron chi connectivity index (χ0n) is 15.9. The van der Waals surface area contributed by atoms with Crippen LogP contribution in [0.4, 0.5) is 5.69 Å².